The Hall–Kier alpha value is -1.27. The summed E-state index contributed by atoms with van der Waals surface area (Å²) in [4.78, 5) is 12.8. The normalized spacial score (nSPS) is 18.1. The van der Waals surface area contributed by atoms with Gasteiger partial charge in [-0.1, -0.05) is 37.5 Å². The van der Waals surface area contributed by atoms with Crippen molar-refractivity contribution < 1.29 is 18.0 Å². The van der Waals surface area contributed by atoms with Crippen molar-refractivity contribution in [3.63, 3.8) is 0 Å². The highest BCUT2D eigenvalue weighted by atomic mass is 35.5. The summed E-state index contributed by atoms with van der Waals surface area (Å²) in [5.41, 5.74) is 4.60. The minimum atomic E-state index is -4.41. The predicted octanol–water partition coefficient (Wildman–Crippen LogP) is 4.18. The number of nitrogens with two attached hydrogens (primary N) is 1. The van der Waals surface area contributed by atoms with Gasteiger partial charge in [-0.3, -0.25) is 4.79 Å². The van der Waals surface area contributed by atoms with Gasteiger partial charge in [-0.15, -0.1) is 12.4 Å². The number of benzene rings is 1. The summed E-state index contributed by atoms with van der Waals surface area (Å²) in [6, 6.07) is 5.20. The van der Waals surface area contributed by atoms with Crippen LogP contribution in [0.3, 0.4) is 0 Å². The first-order valence-electron chi connectivity index (χ1n) is 8.47. The first kappa shape index (κ1) is 21.8. The minimum absolute atomic E-state index is 0. The Morgan fingerprint density at radius 2 is 1.92 bits per heavy atom. The van der Waals surface area contributed by atoms with E-state index in [9.17, 15) is 18.0 Å². The average Bonchev–Trinajstić information content (AvgIpc) is 2.54. The van der Waals surface area contributed by atoms with Gasteiger partial charge in [0, 0.05) is 12.6 Å². The molecule has 2 rings (SSSR count). The molecule has 25 heavy (non-hydrogen) atoms. The van der Waals surface area contributed by atoms with Gasteiger partial charge in [-0.2, -0.15) is 13.2 Å². The summed E-state index contributed by atoms with van der Waals surface area (Å²) in [5.74, 6) is -0.179. The van der Waals surface area contributed by atoms with E-state index in [0.29, 0.717) is 31.4 Å². The highest BCUT2D eigenvalue weighted by Crippen LogP contribution is 2.41. The third-order valence-corrected chi connectivity index (χ3v) is 4.77. The van der Waals surface area contributed by atoms with E-state index in [1.165, 1.54) is 6.07 Å². The number of halogens is 4. The molecule has 0 saturated heterocycles. The fourth-order valence-corrected chi connectivity index (χ4v) is 3.38. The predicted molar refractivity (Wildman–Crippen MR) is 94.7 cm³/mol. The Labute approximate surface area is 153 Å². The fourth-order valence-electron chi connectivity index (χ4n) is 3.38. The summed E-state index contributed by atoms with van der Waals surface area (Å²) in [7, 11) is 0. The molecule has 1 amide bonds. The van der Waals surface area contributed by atoms with Crippen LogP contribution >= 0.6 is 12.4 Å². The van der Waals surface area contributed by atoms with Crippen molar-refractivity contribution in [2.45, 2.75) is 63.1 Å². The van der Waals surface area contributed by atoms with Crippen molar-refractivity contribution >= 4 is 18.3 Å². The number of carbonyl (C=O) groups is 1. The molecule has 0 aromatic heterocycles. The molecule has 1 aromatic carbocycles. The van der Waals surface area contributed by atoms with Gasteiger partial charge in [0.1, 0.15) is 0 Å². The van der Waals surface area contributed by atoms with Crippen molar-refractivity contribution in [2.24, 2.45) is 5.73 Å². The van der Waals surface area contributed by atoms with Crippen LogP contribution in [0.5, 0.6) is 0 Å². The smallest absolute Gasteiger partial charge is 0.355 e. The first-order chi connectivity index (χ1) is 11.3. The lowest BCUT2D eigenvalue weighted by Gasteiger charge is -2.36. The van der Waals surface area contributed by atoms with Crippen LogP contribution in [0.2, 0.25) is 0 Å². The monoisotopic (exact) mass is 378 g/mol. The van der Waals surface area contributed by atoms with E-state index in [-0.39, 0.29) is 24.4 Å². The Morgan fingerprint density at radius 3 is 2.48 bits per heavy atom. The van der Waals surface area contributed by atoms with Crippen LogP contribution in [0.1, 0.15) is 56.6 Å². The maximum Gasteiger partial charge on any atom is 0.416 e. The highest BCUT2D eigenvalue weighted by molar-refractivity contribution is 5.88. The van der Waals surface area contributed by atoms with Crippen molar-refractivity contribution in [1.82, 2.24) is 5.32 Å². The zero-order valence-electron chi connectivity index (χ0n) is 14.4. The molecule has 0 aliphatic heterocycles. The summed E-state index contributed by atoms with van der Waals surface area (Å²) in [6.45, 7) is 2.30. The fraction of sp³-hybridized carbons (Fsp3) is 0.611. The van der Waals surface area contributed by atoms with Crippen LogP contribution in [0.15, 0.2) is 24.3 Å². The van der Waals surface area contributed by atoms with Crippen molar-refractivity contribution in [3.05, 3.63) is 35.4 Å². The van der Waals surface area contributed by atoms with Gasteiger partial charge in [0.15, 0.2) is 0 Å². The molecule has 0 spiro atoms. The van der Waals surface area contributed by atoms with Crippen LogP contribution in [0.4, 0.5) is 13.2 Å². The second-order valence-corrected chi connectivity index (χ2v) is 6.74. The molecule has 1 aromatic rings. The van der Waals surface area contributed by atoms with E-state index in [1.54, 1.807) is 6.07 Å². The van der Waals surface area contributed by atoms with Gasteiger partial charge in [0.25, 0.3) is 0 Å². The van der Waals surface area contributed by atoms with E-state index in [2.05, 4.69) is 5.32 Å². The lowest BCUT2D eigenvalue weighted by atomic mass is 9.68. The highest BCUT2D eigenvalue weighted by Gasteiger charge is 2.42. The molecule has 3 N–H and O–H groups in total. The molecule has 3 nitrogen and oxygen atoms in total. The molecule has 7 heteroatoms. The number of amides is 1. The summed E-state index contributed by atoms with van der Waals surface area (Å²) < 4.78 is 39.1. The summed E-state index contributed by atoms with van der Waals surface area (Å²) >= 11 is 0. The van der Waals surface area contributed by atoms with E-state index in [4.69, 9.17) is 5.73 Å². The maximum atomic E-state index is 13.0. The standard InChI is InChI=1S/C18H25F3N2O.ClH/c1-13(22)8-11-23-16(24)17(9-3-2-4-10-17)14-6-5-7-15(12-14)18(19,20)21;/h5-7,12-13H,2-4,8-11,22H2,1H3,(H,23,24);1H. The molecule has 1 unspecified atom stereocenters. The zero-order chi connectivity index (χ0) is 17.8. The van der Waals surface area contributed by atoms with Gasteiger partial charge in [0.2, 0.25) is 5.91 Å². The van der Waals surface area contributed by atoms with E-state index in [0.717, 1.165) is 31.4 Å². The zero-order valence-corrected chi connectivity index (χ0v) is 15.2. The third-order valence-electron chi connectivity index (χ3n) is 4.77. The maximum absolute atomic E-state index is 13.0. The largest absolute Gasteiger partial charge is 0.416 e. The van der Waals surface area contributed by atoms with E-state index >= 15 is 0 Å². The van der Waals surface area contributed by atoms with Crippen molar-refractivity contribution in [1.29, 1.82) is 0 Å². The second kappa shape index (κ2) is 8.90. The molecule has 1 fully saturated rings. The molecule has 1 atom stereocenters. The van der Waals surface area contributed by atoms with Crippen molar-refractivity contribution in [3.8, 4) is 0 Å². The first-order valence-corrected chi connectivity index (χ1v) is 8.47. The van der Waals surface area contributed by atoms with Gasteiger partial charge < -0.3 is 11.1 Å². The van der Waals surface area contributed by atoms with Crippen LogP contribution in [-0.2, 0) is 16.4 Å². The molecule has 1 aliphatic rings. The number of hydrogen-bond donors (Lipinski definition) is 2. The average molecular weight is 379 g/mol. The van der Waals surface area contributed by atoms with Gasteiger partial charge in [-0.25, -0.2) is 0 Å². The molecule has 142 valence electrons. The van der Waals surface area contributed by atoms with Crippen LogP contribution in [0.25, 0.3) is 0 Å². The Bertz CT molecular complexity index is 570. The molecular formula is C18H26ClF3N2O. The third kappa shape index (κ3) is 5.35. The van der Waals surface area contributed by atoms with E-state index in [1.807, 2.05) is 6.92 Å². The molecule has 0 radical (unpaired) electrons. The Morgan fingerprint density at radius 1 is 1.28 bits per heavy atom. The van der Waals surface area contributed by atoms with Crippen LogP contribution in [-0.4, -0.2) is 18.5 Å². The molecule has 1 saturated carbocycles. The minimum Gasteiger partial charge on any atom is -0.355 e. The summed E-state index contributed by atoms with van der Waals surface area (Å²) in [5, 5.41) is 2.88. The lowest BCUT2D eigenvalue weighted by Crippen LogP contribution is -2.46. The van der Waals surface area contributed by atoms with Crippen molar-refractivity contribution in [2.75, 3.05) is 6.54 Å². The number of nitrogens with one attached hydrogen (secondary N) is 1. The van der Waals surface area contributed by atoms with Gasteiger partial charge in [0.05, 0.1) is 11.0 Å². The van der Waals surface area contributed by atoms with Crippen LogP contribution < -0.4 is 11.1 Å². The summed E-state index contributed by atoms with van der Waals surface area (Å²) in [6.07, 6.45) is 0.0973. The second-order valence-electron chi connectivity index (χ2n) is 6.74. The van der Waals surface area contributed by atoms with Gasteiger partial charge in [-0.05, 0) is 37.8 Å². The molecular weight excluding hydrogens is 353 g/mol. The quantitative estimate of drug-likeness (QED) is 0.807. The number of hydrogen-bond acceptors (Lipinski definition) is 2. The number of alkyl halides is 3. The molecule has 0 bridgehead atoms. The van der Waals surface area contributed by atoms with Crippen LogP contribution in [0, 0.1) is 0 Å². The molecule has 1 aliphatic carbocycles. The molecule has 0 heterocycles. The number of carbonyl (C=O) groups excluding carboxylic acids is 1. The Kier molecular flexibility index (Phi) is 7.75. The SMILES string of the molecule is CC(N)CCNC(=O)C1(c2cccc(C(F)(F)F)c2)CCCCC1.Cl. The number of rotatable bonds is 5. The van der Waals surface area contributed by atoms with Gasteiger partial charge >= 0.3 is 6.18 Å². The topological polar surface area (TPSA) is 55.1 Å². The van der Waals surface area contributed by atoms with E-state index < -0.39 is 17.2 Å². The Balaban J connectivity index is 0.00000312. The lowest BCUT2D eigenvalue weighted by molar-refractivity contribution is -0.138.